The third kappa shape index (κ3) is 4.30. The van der Waals surface area contributed by atoms with Gasteiger partial charge in [-0.15, -0.1) is 11.3 Å². The number of aromatic nitrogens is 2. The fourth-order valence-corrected chi connectivity index (χ4v) is 5.37. The van der Waals surface area contributed by atoms with Gasteiger partial charge in [-0.05, 0) is 44.4 Å². The van der Waals surface area contributed by atoms with Crippen LogP contribution in [-0.2, 0) is 4.79 Å². The molecule has 29 heavy (non-hydrogen) atoms. The second-order valence-corrected chi connectivity index (χ2v) is 9.21. The van der Waals surface area contributed by atoms with Gasteiger partial charge in [0.15, 0.2) is 5.76 Å². The van der Waals surface area contributed by atoms with Crippen molar-refractivity contribution in [2.75, 3.05) is 18.8 Å². The summed E-state index contributed by atoms with van der Waals surface area (Å²) in [6, 6.07) is 3.47. The second-order valence-electron chi connectivity index (χ2n) is 7.04. The Morgan fingerprint density at radius 1 is 1.31 bits per heavy atom. The highest BCUT2D eigenvalue weighted by Crippen LogP contribution is 2.34. The molecule has 0 aliphatic carbocycles. The summed E-state index contributed by atoms with van der Waals surface area (Å²) in [5.74, 6) is 0.567. The van der Waals surface area contributed by atoms with Crippen molar-refractivity contribution in [3.8, 4) is 0 Å². The first-order valence-corrected chi connectivity index (χ1v) is 11.3. The summed E-state index contributed by atoms with van der Waals surface area (Å²) in [4.78, 5) is 37.4. The molecule has 1 aliphatic heterocycles. The number of furan rings is 1. The lowest BCUT2D eigenvalue weighted by atomic mass is 10.0. The van der Waals surface area contributed by atoms with E-state index < -0.39 is 0 Å². The van der Waals surface area contributed by atoms with Crippen molar-refractivity contribution < 1.29 is 14.0 Å². The Labute approximate surface area is 176 Å². The summed E-state index contributed by atoms with van der Waals surface area (Å²) in [5, 5.41) is 5.00. The van der Waals surface area contributed by atoms with Crippen LogP contribution in [0.25, 0.3) is 10.2 Å². The fraction of sp³-hybridized carbons (Fsp3) is 0.400. The van der Waals surface area contributed by atoms with Gasteiger partial charge in [0.1, 0.15) is 16.2 Å². The number of carbonyl (C=O) groups excluding carboxylic acids is 2. The van der Waals surface area contributed by atoms with Crippen molar-refractivity contribution in [3.63, 3.8) is 0 Å². The van der Waals surface area contributed by atoms with Gasteiger partial charge < -0.3 is 14.6 Å². The monoisotopic (exact) mass is 430 g/mol. The highest BCUT2D eigenvalue weighted by atomic mass is 32.2. The van der Waals surface area contributed by atoms with Gasteiger partial charge in [-0.2, -0.15) is 0 Å². The molecule has 1 aliphatic rings. The van der Waals surface area contributed by atoms with Crippen LogP contribution in [0.3, 0.4) is 0 Å². The Hall–Kier alpha value is -2.39. The van der Waals surface area contributed by atoms with Gasteiger partial charge in [0.05, 0.1) is 12.0 Å². The summed E-state index contributed by atoms with van der Waals surface area (Å²) in [6.45, 7) is 5.36. The Bertz CT molecular complexity index is 1020. The lowest BCUT2D eigenvalue weighted by Gasteiger charge is -2.31. The number of fused-ring (bicyclic) bond motifs is 1. The van der Waals surface area contributed by atoms with Crippen molar-refractivity contribution in [3.05, 3.63) is 40.9 Å². The summed E-state index contributed by atoms with van der Waals surface area (Å²) in [6.07, 6.45) is 4.54. The van der Waals surface area contributed by atoms with Crippen LogP contribution >= 0.6 is 23.1 Å². The van der Waals surface area contributed by atoms with Gasteiger partial charge in [-0.3, -0.25) is 9.59 Å². The number of thiophene rings is 1. The third-order valence-corrected chi connectivity index (χ3v) is 7.25. The minimum absolute atomic E-state index is 0.0119. The van der Waals surface area contributed by atoms with Crippen LogP contribution < -0.4 is 5.32 Å². The highest BCUT2D eigenvalue weighted by molar-refractivity contribution is 8.00. The average Bonchev–Trinajstić information content (AvgIpc) is 3.35. The van der Waals surface area contributed by atoms with Crippen molar-refractivity contribution in [2.45, 2.75) is 37.8 Å². The second kappa shape index (κ2) is 8.54. The van der Waals surface area contributed by atoms with Gasteiger partial charge in [0.25, 0.3) is 5.91 Å². The quantitative estimate of drug-likeness (QED) is 0.493. The molecule has 3 aromatic heterocycles. The molecular weight excluding hydrogens is 408 g/mol. The Morgan fingerprint density at radius 3 is 2.83 bits per heavy atom. The number of carbonyl (C=O) groups is 2. The van der Waals surface area contributed by atoms with Crippen LogP contribution in [-0.4, -0.2) is 51.6 Å². The van der Waals surface area contributed by atoms with Crippen LogP contribution in [0.2, 0.25) is 0 Å². The zero-order valence-corrected chi connectivity index (χ0v) is 17.9. The van der Waals surface area contributed by atoms with Crippen molar-refractivity contribution >= 4 is 45.1 Å². The topological polar surface area (TPSA) is 88.3 Å². The van der Waals surface area contributed by atoms with E-state index in [4.69, 9.17) is 4.42 Å². The molecule has 0 atom stereocenters. The summed E-state index contributed by atoms with van der Waals surface area (Å²) >= 11 is 3.10. The molecule has 4 heterocycles. The standard InChI is InChI=1S/C20H22N4O3S2/c1-12-13(2)29-19-17(12)18(21-11-22-19)28-10-16(25)23-14-5-7-24(8-6-14)20(26)15-4-3-9-27-15/h3-4,9,11,14H,5-8,10H2,1-2H3,(H,23,25). The highest BCUT2D eigenvalue weighted by Gasteiger charge is 2.26. The maximum Gasteiger partial charge on any atom is 0.289 e. The van der Waals surface area contributed by atoms with E-state index in [1.54, 1.807) is 34.7 Å². The minimum Gasteiger partial charge on any atom is -0.459 e. The molecule has 9 heteroatoms. The van der Waals surface area contributed by atoms with E-state index in [-0.39, 0.29) is 17.9 Å². The van der Waals surface area contributed by atoms with E-state index in [0.29, 0.717) is 24.6 Å². The smallest absolute Gasteiger partial charge is 0.289 e. The molecule has 0 radical (unpaired) electrons. The van der Waals surface area contributed by atoms with Gasteiger partial charge in [-0.1, -0.05) is 11.8 Å². The number of piperidine rings is 1. The van der Waals surface area contributed by atoms with E-state index in [2.05, 4.69) is 29.1 Å². The molecule has 0 spiro atoms. The van der Waals surface area contributed by atoms with E-state index in [1.807, 2.05) is 0 Å². The number of rotatable bonds is 5. The average molecular weight is 431 g/mol. The summed E-state index contributed by atoms with van der Waals surface area (Å²) < 4.78 is 5.18. The lowest BCUT2D eigenvalue weighted by molar-refractivity contribution is -0.119. The van der Waals surface area contributed by atoms with Gasteiger partial charge in [0, 0.05) is 29.4 Å². The number of aryl methyl sites for hydroxylation is 2. The Kier molecular flexibility index (Phi) is 5.86. The van der Waals surface area contributed by atoms with Gasteiger partial charge in [0.2, 0.25) is 5.91 Å². The Balaban J connectivity index is 1.28. The maximum atomic E-state index is 12.4. The molecule has 1 fully saturated rings. The van der Waals surface area contributed by atoms with Crippen LogP contribution in [0, 0.1) is 13.8 Å². The molecule has 0 saturated carbocycles. The molecule has 3 aromatic rings. The molecule has 152 valence electrons. The van der Waals surface area contributed by atoms with Gasteiger partial charge in [-0.25, -0.2) is 9.97 Å². The Morgan fingerprint density at radius 2 is 2.10 bits per heavy atom. The molecule has 4 rings (SSSR count). The summed E-state index contributed by atoms with van der Waals surface area (Å²) in [5.41, 5.74) is 1.18. The van der Waals surface area contributed by atoms with Crippen molar-refractivity contribution in [1.29, 1.82) is 0 Å². The molecule has 0 aromatic carbocycles. The molecule has 7 nitrogen and oxygen atoms in total. The van der Waals surface area contributed by atoms with Crippen LogP contribution in [0.15, 0.2) is 34.2 Å². The van der Waals surface area contributed by atoms with E-state index in [9.17, 15) is 9.59 Å². The van der Waals surface area contributed by atoms with Crippen molar-refractivity contribution in [2.24, 2.45) is 0 Å². The van der Waals surface area contributed by atoms with Gasteiger partial charge >= 0.3 is 0 Å². The first-order valence-electron chi connectivity index (χ1n) is 9.48. The largest absolute Gasteiger partial charge is 0.459 e. The normalized spacial score (nSPS) is 15.0. The number of thioether (sulfide) groups is 1. The molecule has 0 unspecified atom stereocenters. The summed E-state index contributed by atoms with van der Waals surface area (Å²) in [7, 11) is 0. The SMILES string of the molecule is Cc1sc2ncnc(SCC(=O)NC3CCN(C(=O)c4ccco4)CC3)c2c1C. The third-order valence-electron chi connectivity index (χ3n) is 5.15. The zero-order chi connectivity index (χ0) is 20.4. The first-order chi connectivity index (χ1) is 14.0. The maximum absolute atomic E-state index is 12.4. The number of nitrogens with one attached hydrogen (secondary N) is 1. The van der Waals surface area contributed by atoms with Crippen LogP contribution in [0.1, 0.15) is 33.8 Å². The number of hydrogen-bond acceptors (Lipinski definition) is 7. The molecule has 0 bridgehead atoms. The van der Waals surface area contributed by atoms with E-state index >= 15 is 0 Å². The first kappa shape index (κ1) is 19.9. The molecular formula is C20H22N4O3S2. The number of hydrogen-bond donors (Lipinski definition) is 1. The van der Waals surface area contributed by atoms with Crippen LogP contribution in [0.5, 0.6) is 0 Å². The molecule has 2 amide bonds. The predicted molar refractivity (Wildman–Crippen MR) is 113 cm³/mol. The number of amides is 2. The lowest BCUT2D eigenvalue weighted by Crippen LogP contribution is -2.46. The predicted octanol–water partition coefficient (Wildman–Crippen LogP) is 3.41. The van der Waals surface area contributed by atoms with Crippen molar-refractivity contribution in [1.82, 2.24) is 20.2 Å². The molecule has 1 N–H and O–H groups in total. The van der Waals surface area contributed by atoms with E-state index in [0.717, 1.165) is 28.1 Å². The number of nitrogens with zero attached hydrogens (tertiary/aromatic N) is 3. The van der Waals surface area contributed by atoms with Crippen LogP contribution in [0.4, 0.5) is 0 Å². The van der Waals surface area contributed by atoms with E-state index in [1.165, 1.54) is 28.5 Å². The zero-order valence-electron chi connectivity index (χ0n) is 16.3. The molecule has 1 saturated heterocycles. The number of likely N-dealkylation sites (tertiary alicyclic amines) is 1. The minimum atomic E-state index is -0.0930. The fourth-order valence-electron chi connectivity index (χ4n) is 3.45.